The van der Waals surface area contributed by atoms with Gasteiger partial charge >= 0.3 is 0 Å². The molecule has 0 radical (unpaired) electrons. The highest BCUT2D eigenvalue weighted by Crippen LogP contribution is 2.70. The Hall–Kier alpha value is -0.900. The van der Waals surface area contributed by atoms with Crippen LogP contribution >= 0.6 is 0 Å². The monoisotopic (exact) mass is 868 g/mol. The zero-order chi connectivity index (χ0) is 43.5. The molecule has 5 saturated heterocycles. The van der Waals surface area contributed by atoms with Crippen molar-refractivity contribution in [2.24, 2.45) is 46.3 Å². The molecular formula is C45H72O16. The zero-order valence-corrected chi connectivity index (χ0v) is 36.5. The Bertz CT molecular complexity index is 1590. The number of hydrogen-bond donors (Lipinski definition) is 8. The molecule has 5 heterocycles. The Balaban J connectivity index is 0.937. The summed E-state index contributed by atoms with van der Waals surface area (Å²) in [6.45, 7) is 12.7. The van der Waals surface area contributed by atoms with Crippen LogP contribution in [0.1, 0.15) is 99.3 Å². The van der Waals surface area contributed by atoms with Gasteiger partial charge < -0.3 is 78.7 Å². The predicted molar refractivity (Wildman–Crippen MR) is 213 cm³/mol. The molecule has 9 aliphatic rings. The number of fused-ring (bicyclic) bond motifs is 7. The van der Waals surface area contributed by atoms with Crippen LogP contribution in [0.15, 0.2) is 11.6 Å². The maximum atomic E-state index is 11.6. The van der Waals surface area contributed by atoms with Gasteiger partial charge in [-0.25, -0.2) is 0 Å². The molecule has 0 aromatic heterocycles. The second kappa shape index (κ2) is 16.8. The molecule has 61 heavy (non-hydrogen) atoms. The van der Waals surface area contributed by atoms with Gasteiger partial charge in [0.25, 0.3) is 0 Å². The molecule has 8 N–H and O–H groups in total. The van der Waals surface area contributed by atoms with Gasteiger partial charge in [0.1, 0.15) is 61.0 Å². The van der Waals surface area contributed by atoms with Gasteiger partial charge in [0, 0.05) is 12.3 Å². The molecule has 0 aromatic rings. The molecule has 1 unspecified atom stereocenters. The van der Waals surface area contributed by atoms with Gasteiger partial charge in [0.2, 0.25) is 0 Å². The third kappa shape index (κ3) is 7.42. The number of rotatable bonds is 7. The van der Waals surface area contributed by atoms with Gasteiger partial charge in [-0.3, -0.25) is 0 Å². The lowest BCUT2D eigenvalue weighted by Crippen LogP contribution is -2.67. The highest BCUT2D eigenvalue weighted by Gasteiger charge is 2.69. The van der Waals surface area contributed by atoms with Gasteiger partial charge in [-0.2, -0.15) is 0 Å². The van der Waals surface area contributed by atoms with Gasteiger partial charge in [0.05, 0.1) is 37.6 Å². The minimum absolute atomic E-state index is 0.0272. The van der Waals surface area contributed by atoms with Crippen LogP contribution < -0.4 is 0 Å². The molecule has 348 valence electrons. The van der Waals surface area contributed by atoms with Crippen LogP contribution in [0.2, 0.25) is 0 Å². The lowest BCUT2D eigenvalue weighted by molar-refractivity contribution is -0.393. The standard InChI is InChI=1S/C45H72O16/c1-19-9-14-45(54-18-19)20(2)30-28(61-45)16-27-25-8-7-23-15-24(10-12-43(23,5)26(25)11-13-44(27,30)6)57-42-39(60-41-37(53)35(51)32(48)22(4)56-41)38(33(49)29(17-46)58-42)59-40-36(52)34(50)31(47)21(3)55-40/h7,19-22,24-42,46-53H,8-18H2,1-6H3/t19?,20-,21-,22-,24-,25+,26-,27-,28-,29+,30-,31-,32-,33+,34+,35+,36+,37+,38-,39+,40-,41-,42+,43-,44-,45+/m0/s1. The van der Waals surface area contributed by atoms with Crippen LogP contribution in [-0.2, 0) is 37.9 Å². The average Bonchev–Trinajstić information content (AvgIpc) is 3.69. The summed E-state index contributed by atoms with van der Waals surface area (Å²) in [7, 11) is 0. The van der Waals surface area contributed by atoms with Crippen LogP contribution in [0, 0.1) is 46.3 Å². The van der Waals surface area contributed by atoms with Crippen molar-refractivity contribution in [2.45, 2.75) is 209 Å². The summed E-state index contributed by atoms with van der Waals surface area (Å²) in [6, 6.07) is 0. The first-order valence-electron chi connectivity index (χ1n) is 23.2. The molecule has 3 saturated carbocycles. The number of ether oxygens (including phenoxy) is 8. The van der Waals surface area contributed by atoms with E-state index < -0.39 is 105 Å². The first kappa shape index (κ1) is 45.3. The van der Waals surface area contributed by atoms with Crippen molar-refractivity contribution < 1.29 is 78.7 Å². The van der Waals surface area contributed by atoms with Crippen molar-refractivity contribution in [3.63, 3.8) is 0 Å². The van der Waals surface area contributed by atoms with Crippen molar-refractivity contribution in [1.82, 2.24) is 0 Å². The smallest absolute Gasteiger partial charge is 0.187 e. The Labute approximate surface area is 358 Å². The fourth-order valence-electron chi connectivity index (χ4n) is 14.0. The number of aliphatic hydroxyl groups excluding tert-OH is 8. The molecular weight excluding hydrogens is 796 g/mol. The minimum Gasteiger partial charge on any atom is -0.394 e. The molecule has 0 aromatic carbocycles. The first-order valence-corrected chi connectivity index (χ1v) is 23.2. The van der Waals surface area contributed by atoms with Gasteiger partial charge in [-0.1, -0.05) is 39.3 Å². The van der Waals surface area contributed by atoms with Crippen molar-refractivity contribution >= 4 is 0 Å². The van der Waals surface area contributed by atoms with Crippen LogP contribution in [-0.4, -0.2) is 164 Å². The highest BCUT2D eigenvalue weighted by atomic mass is 16.8. The number of aliphatic hydroxyl groups is 8. The summed E-state index contributed by atoms with van der Waals surface area (Å²) in [5, 5.41) is 85.9. The van der Waals surface area contributed by atoms with Crippen molar-refractivity contribution in [3.8, 4) is 0 Å². The molecule has 5 aliphatic heterocycles. The van der Waals surface area contributed by atoms with Crippen LogP contribution in [0.4, 0.5) is 0 Å². The van der Waals surface area contributed by atoms with Crippen molar-refractivity contribution in [3.05, 3.63) is 11.6 Å². The quantitative estimate of drug-likeness (QED) is 0.168. The molecule has 0 amide bonds. The predicted octanol–water partition coefficient (Wildman–Crippen LogP) is 1.24. The van der Waals surface area contributed by atoms with E-state index in [1.807, 2.05) is 0 Å². The number of allylic oxidation sites excluding steroid dienone is 1. The summed E-state index contributed by atoms with van der Waals surface area (Å²) in [4.78, 5) is 0. The van der Waals surface area contributed by atoms with E-state index in [0.29, 0.717) is 48.3 Å². The van der Waals surface area contributed by atoms with Gasteiger partial charge in [0.15, 0.2) is 24.7 Å². The van der Waals surface area contributed by atoms with Crippen LogP contribution in [0.25, 0.3) is 0 Å². The Morgan fingerprint density at radius 3 is 1.97 bits per heavy atom. The van der Waals surface area contributed by atoms with E-state index in [2.05, 4.69) is 33.8 Å². The summed E-state index contributed by atoms with van der Waals surface area (Å²) in [6.07, 6.45) is -10.6. The van der Waals surface area contributed by atoms with E-state index in [1.165, 1.54) is 19.4 Å². The molecule has 16 heteroatoms. The van der Waals surface area contributed by atoms with E-state index in [9.17, 15) is 40.9 Å². The van der Waals surface area contributed by atoms with E-state index in [1.54, 1.807) is 0 Å². The molecule has 0 bridgehead atoms. The van der Waals surface area contributed by atoms with E-state index >= 15 is 0 Å². The fraction of sp³-hybridized carbons (Fsp3) is 0.956. The van der Waals surface area contributed by atoms with Crippen LogP contribution in [0.3, 0.4) is 0 Å². The van der Waals surface area contributed by atoms with E-state index in [0.717, 1.165) is 51.6 Å². The largest absolute Gasteiger partial charge is 0.394 e. The maximum absolute atomic E-state index is 11.6. The highest BCUT2D eigenvalue weighted by molar-refractivity contribution is 5.26. The second-order valence-corrected chi connectivity index (χ2v) is 21.1. The molecule has 4 aliphatic carbocycles. The zero-order valence-electron chi connectivity index (χ0n) is 36.5. The van der Waals surface area contributed by atoms with E-state index in [4.69, 9.17) is 37.9 Å². The second-order valence-electron chi connectivity index (χ2n) is 21.1. The average molecular weight is 869 g/mol. The third-order valence-electron chi connectivity index (χ3n) is 17.6. The molecule has 1 spiro atoms. The summed E-state index contributed by atoms with van der Waals surface area (Å²) < 4.78 is 50.5. The minimum atomic E-state index is -1.73. The van der Waals surface area contributed by atoms with Gasteiger partial charge in [-0.15, -0.1) is 0 Å². The molecule has 9 rings (SSSR count). The topological polar surface area (TPSA) is 236 Å². The Morgan fingerprint density at radius 2 is 1.34 bits per heavy atom. The Kier molecular flexibility index (Phi) is 12.4. The molecule has 16 nitrogen and oxygen atoms in total. The lowest BCUT2D eigenvalue weighted by atomic mass is 9.47. The summed E-state index contributed by atoms with van der Waals surface area (Å²) >= 11 is 0. The van der Waals surface area contributed by atoms with Crippen LogP contribution in [0.5, 0.6) is 0 Å². The number of hydrogen-bond acceptors (Lipinski definition) is 16. The van der Waals surface area contributed by atoms with Gasteiger partial charge in [-0.05, 0) is 106 Å². The lowest BCUT2D eigenvalue weighted by Gasteiger charge is -2.59. The maximum Gasteiger partial charge on any atom is 0.187 e. The summed E-state index contributed by atoms with van der Waals surface area (Å²) in [5.74, 6) is 2.61. The molecule has 8 fully saturated rings. The first-order chi connectivity index (χ1) is 28.9. The SMILES string of the molecule is CC1CC[C@@]2(OC1)O[C@H]1C[C@H]3[C@@H]4CC=C5C[C@@H](O[C@@H]6O[C@H](CO)[C@@H](O)[C@H](O[C@@H]7O[C@@H](C)[C@H](O)[C@@H](O)[C@H]7O)[C@H]6O[C@@H]6O[C@@H](C)[C@H](O)[C@@H](O)[C@H]6O)CC[C@]5(C)[C@H]4CC[C@]3(C)[C@H]1[C@@H]2C. The Morgan fingerprint density at radius 1 is 0.689 bits per heavy atom. The summed E-state index contributed by atoms with van der Waals surface area (Å²) in [5.41, 5.74) is 1.51. The third-order valence-corrected chi connectivity index (χ3v) is 17.6. The van der Waals surface area contributed by atoms with Crippen molar-refractivity contribution in [1.29, 1.82) is 0 Å². The van der Waals surface area contributed by atoms with Crippen molar-refractivity contribution in [2.75, 3.05) is 13.2 Å². The molecule has 26 atom stereocenters. The fourth-order valence-corrected chi connectivity index (χ4v) is 14.0. The van der Waals surface area contributed by atoms with E-state index in [-0.39, 0.29) is 23.0 Å². The normalized spacial score (nSPS) is 58.4.